The van der Waals surface area contributed by atoms with Gasteiger partial charge in [-0.3, -0.25) is 0 Å². The maximum Gasteiger partial charge on any atom is 0.0945 e. The van der Waals surface area contributed by atoms with Crippen molar-refractivity contribution in [2.24, 2.45) is 0 Å². The predicted molar refractivity (Wildman–Crippen MR) is 94.3 cm³/mol. The largest absolute Gasteiger partial charge is 0.337 e. The van der Waals surface area contributed by atoms with Crippen LogP contribution in [0.3, 0.4) is 0 Å². The standard InChI is InChI=1S/C18H16BrClN2/c19-16-5-1-14(2-6-16)18(9-11-22-12-10-21-13-22)15-3-7-17(20)8-4-15/h1-8,10,12-13,18H,9,11H2. The maximum atomic E-state index is 6.02. The van der Waals surface area contributed by atoms with Crippen LogP contribution in [0, 0.1) is 0 Å². The highest BCUT2D eigenvalue weighted by atomic mass is 79.9. The highest BCUT2D eigenvalue weighted by molar-refractivity contribution is 9.10. The molecule has 0 spiro atoms. The lowest BCUT2D eigenvalue weighted by Crippen LogP contribution is -2.06. The van der Waals surface area contributed by atoms with Gasteiger partial charge in [0.1, 0.15) is 0 Å². The van der Waals surface area contributed by atoms with E-state index in [9.17, 15) is 0 Å². The molecule has 3 rings (SSSR count). The Balaban J connectivity index is 1.87. The average Bonchev–Trinajstić information content (AvgIpc) is 3.04. The minimum absolute atomic E-state index is 0.341. The van der Waals surface area contributed by atoms with Crippen molar-refractivity contribution in [2.45, 2.75) is 18.9 Å². The van der Waals surface area contributed by atoms with Gasteiger partial charge in [-0.1, -0.05) is 51.8 Å². The van der Waals surface area contributed by atoms with Gasteiger partial charge in [-0.2, -0.15) is 0 Å². The number of nitrogens with zero attached hydrogens (tertiary/aromatic N) is 2. The van der Waals surface area contributed by atoms with Crippen molar-refractivity contribution in [1.82, 2.24) is 9.55 Å². The van der Waals surface area contributed by atoms with Gasteiger partial charge in [-0.05, 0) is 41.8 Å². The van der Waals surface area contributed by atoms with E-state index in [-0.39, 0.29) is 0 Å². The van der Waals surface area contributed by atoms with Crippen LogP contribution in [0.4, 0.5) is 0 Å². The van der Waals surface area contributed by atoms with Crippen molar-refractivity contribution >= 4 is 27.5 Å². The van der Waals surface area contributed by atoms with Crippen LogP contribution < -0.4 is 0 Å². The quantitative estimate of drug-likeness (QED) is 0.574. The van der Waals surface area contributed by atoms with Gasteiger partial charge in [-0.25, -0.2) is 4.98 Å². The molecule has 1 heterocycles. The zero-order valence-corrected chi connectivity index (χ0v) is 14.3. The SMILES string of the molecule is Clc1ccc(C(CCn2ccnc2)c2ccc(Br)cc2)cc1. The molecule has 0 aliphatic rings. The van der Waals surface area contributed by atoms with E-state index in [1.807, 2.05) is 30.9 Å². The van der Waals surface area contributed by atoms with E-state index < -0.39 is 0 Å². The monoisotopic (exact) mass is 374 g/mol. The molecule has 3 aromatic rings. The fourth-order valence-corrected chi connectivity index (χ4v) is 3.00. The molecule has 0 aliphatic carbocycles. The Labute approximate surface area is 143 Å². The summed E-state index contributed by atoms with van der Waals surface area (Å²) in [7, 11) is 0. The van der Waals surface area contributed by atoms with Crippen LogP contribution in [-0.2, 0) is 6.54 Å². The van der Waals surface area contributed by atoms with Gasteiger partial charge in [0.2, 0.25) is 0 Å². The Morgan fingerprint density at radius 1 is 1.00 bits per heavy atom. The number of aryl methyl sites for hydroxylation is 1. The molecule has 1 atom stereocenters. The maximum absolute atomic E-state index is 6.02. The number of imidazole rings is 1. The second-order valence-electron chi connectivity index (χ2n) is 5.24. The lowest BCUT2D eigenvalue weighted by atomic mass is 9.88. The van der Waals surface area contributed by atoms with Crippen LogP contribution in [0.5, 0.6) is 0 Å². The van der Waals surface area contributed by atoms with Crippen molar-refractivity contribution in [3.8, 4) is 0 Å². The Kier molecular flexibility index (Phi) is 4.96. The van der Waals surface area contributed by atoms with Crippen molar-refractivity contribution < 1.29 is 0 Å². The number of hydrogen-bond acceptors (Lipinski definition) is 1. The Hall–Kier alpha value is -1.58. The van der Waals surface area contributed by atoms with E-state index in [4.69, 9.17) is 11.6 Å². The zero-order valence-electron chi connectivity index (χ0n) is 12.0. The molecule has 1 aromatic heterocycles. The summed E-state index contributed by atoms with van der Waals surface area (Å²) >= 11 is 9.52. The molecule has 22 heavy (non-hydrogen) atoms. The lowest BCUT2D eigenvalue weighted by molar-refractivity contribution is 0.595. The van der Waals surface area contributed by atoms with Crippen molar-refractivity contribution in [3.05, 3.63) is 87.9 Å². The van der Waals surface area contributed by atoms with Crippen molar-refractivity contribution in [1.29, 1.82) is 0 Å². The minimum Gasteiger partial charge on any atom is -0.337 e. The van der Waals surface area contributed by atoms with Crippen LogP contribution in [0.25, 0.3) is 0 Å². The molecule has 0 radical (unpaired) electrons. The topological polar surface area (TPSA) is 17.8 Å². The van der Waals surface area contributed by atoms with Crippen molar-refractivity contribution in [2.75, 3.05) is 0 Å². The van der Waals surface area contributed by atoms with Crippen LogP contribution >= 0.6 is 27.5 Å². The molecule has 0 fully saturated rings. The molecule has 2 nitrogen and oxygen atoms in total. The second-order valence-corrected chi connectivity index (χ2v) is 6.60. The Bertz CT molecular complexity index is 660. The van der Waals surface area contributed by atoms with Gasteiger partial charge in [0.25, 0.3) is 0 Å². The van der Waals surface area contributed by atoms with Gasteiger partial charge >= 0.3 is 0 Å². The highest BCUT2D eigenvalue weighted by Crippen LogP contribution is 2.30. The molecule has 0 saturated heterocycles. The van der Waals surface area contributed by atoms with Crippen LogP contribution in [-0.4, -0.2) is 9.55 Å². The Morgan fingerprint density at radius 2 is 1.64 bits per heavy atom. The summed E-state index contributed by atoms with van der Waals surface area (Å²) in [6.07, 6.45) is 6.69. The van der Waals surface area contributed by atoms with E-state index in [2.05, 4.69) is 61.9 Å². The lowest BCUT2D eigenvalue weighted by Gasteiger charge is -2.18. The summed E-state index contributed by atoms with van der Waals surface area (Å²) in [5.41, 5.74) is 2.59. The van der Waals surface area contributed by atoms with E-state index >= 15 is 0 Å². The molecule has 0 bridgehead atoms. The molecule has 0 saturated carbocycles. The van der Waals surface area contributed by atoms with Gasteiger partial charge < -0.3 is 4.57 Å². The van der Waals surface area contributed by atoms with E-state index in [1.54, 1.807) is 0 Å². The number of benzene rings is 2. The summed E-state index contributed by atoms with van der Waals surface area (Å²) in [5, 5.41) is 0.771. The average molecular weight is 376 g/mol. The van der Waals surface area contributed by atoms with E-state index in [1.165, 1.54) is 11.1 Å². The molecule has 2 aromatic carbocycles. The van der Waals surface area contributed by atoms with Crippen LogP contribution in [0.15, 0.2) is 71.7 Å². The van der Waals surface area contributed by atoms with Gasteiger partial charge in [0.15, 0.2) is 0 Å². The molecule has 0 aliphatic heterocycles. The number of aromatic nitrogens is 2. The molecule has 1 unspecified atom stereocenters. The molecule has 0 amide bonds. The third kappa shape index (κ3) is 3.79. The second kappa shape index (κ2) is 7.12. The first-order chi connectivity index (χ1) is 10.7. The molecule has 4 heteroatoms. The summed E-state index contributed by atoms with van der Waals surface area (Å²) in [6, 6.07) is 16.7. The molecule has 0 N–H and O–H groups in total. The van der Waals surface area contributed by atoms with Crippen molar-refractivity contribution in [3.63, 3.8) is 0 Å². The summed E-state index contributed by atoms with van der Waals surface area (Å²) < 4.78 is 3.21. The first kappa shape index (κ1) is 15.3. The Morgan fingerprint density at radius 3 is 2.23 bits per heavy atom. The zero-order chi connectivity index (χ0) is 15.4. The molecule has 112 valence electrons. The fourth-order valence-electron chi connectivity index (χ4n) is 2.61. The predicted octanol–water partition coefficient (Wildman–Crippen LogP) is 5.52. The minimum atomic E-state index is 0.341. The smallest absolute Gasteiger partial charge is 0.0945 e. The molecular weight excluding hydrogens is 360 g/mol. The third-order valence-electron chi connectivity index (χ3n) is 3.78. The number of rotatable bonds is 5. The number of halogens is 2. The fraction of sp³-hybridized carbons (Fsp3) is 0.167. The highest BCUT2D eigenvalue weighted by Gasteiger charge is 2.14. The first-order valence-corrected chi connectivity index (χ1v) is 8.36. The summed E-state index contributed by atoms with van der Waals surface area (Å²) in [4.78, 5) is 4.11. The van der Waals surface area contributed by atoms with Gasteiger partial charge in [-0.15, -0.1) is 0 Å². The van der Waals surface area contributed by atoms with Crippen LogP contribution in [0.1, 0.15) is 23.5 Å². The third-order valence-corrected chi connectivity index (χ3v) is 4.56. The first-order valence-electron chi connectivity index (χ1n) is 7.19. The summed E-state index contributed by atoms with van der Waals surface area (Å²) in [5.74, 6) is 0.341. The molecular formula is C18H16BrClN2. The number of hydrogen-bond donors (Lipinski definition) is 0. The van der Waals surface area contributed by atoms with Gasteiger partial charge in [0.05, 0.1) is 6.33 Å². The van der Waals surface area contributed by atoms with E-state index in [0.717, 1.165) is 22.5 Å². The van der Waals surface area contributed by atoms with Crippen LogP contribution in [0.2, 0.25) is 5.02 Å². The summed E-state index contributed by atoms with van der Waals surface area (Å²) in [6.45, 7) is 0.934. The normalized spacial score (nSPS) is 12.3. The van der Waals surface area contributed by atoms with Gasteiger partial charge in [0, 0.05) is 34.4 Å². The van der Waals surface area contributed by atoms with E-state index in [0.29, 0.717) is 5.92 Å².